The molecular weight excluding hydrogens is 316 g/mol. The van der Waals surface area contributed by atoms with Gasteiger partial charge in [0.05, 0.1) is 25.4 Å². The zero-order chi connectivity index (χ0) is 17.0. The van der Waals surface area contributed by atoms with E-state index in [1.165, 1.54) is 11.1 Å². The van der Waals surface area contributed by atoms with Crippen LogP contribution in [-0.4, -0.2) is 31.6 Å². The van der Waals surface area contributed by atoms with Gasteiger partial charge in [-0.3, -0.25) is 4.74 Å². The van der Waals surface area contributed by atoms with E-state index in [1.54, 1.807) is 0 Å². The number of rotatable bonds is 4. The largest absolute Gasteiger partial charge is 0.413 e. The van der Waals surface area contributed by atoms with E-state index in [2.05, 4.69) is 48.5 Å². The van der Waals surface area contributed by atoms with E-state index in [9.17, 15) is 0 Å². The minimum absolute atomic E-state index is 0.418. The van der Waals surface area contributed by atoms with E-state index in [4.69, 9.17) is 18.9 Å². The van der Waals surface area contributed by atoms with Crippen LogP contribution in [0.3, 0.4) is 0 Å². The Kier molecular flexibility index (Phi) is 4.86. The first-order chi connectivity index (χ1) is 12.3. The number of ether oxygens (including phenoxy) is 4. The molecule has 4 nitrogen and oxygen atoms in total. The third-order valence-corrected chi connectivity index (χ3v) is 4.76. The van der Waals surface area contributed by atoms with Gasteiger partial charge in [-0.2, -0.15) is 0 Å². The predicted molar refractivity (Wildman–Crippen MR) is 93.9 cm³/mol. The molecule has 2 aliphatic heterocycles. The number of hydrogen-bond donors (Lipinski definition) is 0. The topological polar surface area (TPSA) is 36.9 Å². The molecule has 0 atom stereocenters. The fourth-order valence-electron chi connectivity index (χ4n) is 3.59. The van der Waals surface area contributed by atoms with Gasteiger partial charge in [-0.15, -0.1) is 0 Å². The second kappa shape index (κ2) is 7.26. The maximum absolute atomic E-state index is 6.44. The van der Waals surface area contributed by atoms with E-state index < -0.39 is 11.8 Å². The van der Waals surface area contributed by atoms with Crippen molar-refractivity contribution in [3.05, 3.63) is 71.8 Å². The van der Waals surface area contributed by atoms with Crippen molar-refractivity contribution in [3.8, 4) is 0 Å². The van der Waals surface area contributed by atoms with Crippen molar-refractivity contribution in [3.63, 3.8) is 0 Å². The van der Waals surface area contributed by atoms with Gasteiger partial charge in [-0.05, 0) is 17.5 Å². The van der Waals surface area contributed by atoms with Gasteiger partial charge in [-0.25, -0.2) is 0 Å². The van der Waals surface area contributed by atoms with Crippen molar-refractivity contribution in [1.82, 2.24) is 0 Å². The summed E-state index contributed by atoms with van der Waals surface area (Å²) in [6, 6.07) is 20.9. The molecule has 2 aromatic rings. The quantitative estimate of drug-likeness (QED) is 0.850. The van der Waals surface area contributed by atoms with Crippen LogP contribution in [0.25, 0.3) is 0 Å². The lowest BCUT2D eigenvalue weighted by atomic mass is 9.84. The van der Waals surface area contributed by atoms with Gasteiger partial charge in [0.2, 0.25) is 0 Å². The Bertz CT molecular complexity index is 618. The first kappa shape index (κ1) is 16.7. The molecule has 0 N–H and O–H groups in total. The Morgan fingerprint density at radius 1 is 0.680 bits per heavy atom. The third kappa shape index (κ3) is 3.93. The van der Waals surface area contributed by atoms with E-state index in [1.807, 2.05) is 12.1 Å². The summed E-state index contributed by atoms with van der Waals surface area (Å²) in [7, 11) is 0. The molecule has 4 rings (SSSR count). The highest BCUT2D eigenvalue weighted by molar-refractivity contribution is 5.22. The van der Waals surface area contributed by atoms with Gasteiger partial charge in [0.25, 0.3) is 0 Å². The number of benzene rings is 2. The summed E-state index contributed by atoms with van der Waals surface area (Å²) >= 11 is 0. The Morgan fingerprint density at radius 2 is 1.20 bits per heavy atom. The molecule has 2 heterocycles. The molecule has 0 aliphatic carbocycles. The van der Waals surface area contributed by atoms with Crippen LogP contribution < -0.4 is 0 Å². The lowest BCUT2D eigenvalue weighted by Crippen LogP contribution is -2.58. The van der Waals surface area contributed by atoms with Crippen molar-refractivity contribution in [2.45, 2.75) is 37.4 Å². The Balaban J connectivity index is 1.63. The van der Waals surface area contributed by atoms with Gasteiger partial charge < -0.3 is 14.2 Å². The molecule has 0 aromatic heterocycles. The monoisotopic (exact) mass is 340 g/mol. The van der Waals surface area contributed by atoms with Gasteiger partial charge in [0, 0.05) is 19.3 Å². The fraction of sp³-hybridized carbons (Fsp3) is 0.429. The first-order valence-electron chi connectivity index (χ1n) is 8.98. The Hall–Kier alpha value is -1.72. The second-order valence-electron chi connectivity index (χ2n) is 6.76. The van der Waals surface area contributed by atoms with Crippen LogP contribution in [0.15, 0.2) is 60.7 Å². The highest BCUT2D eigenvalue weighted by Gasteiger charge is 2.50. The zero-order valence-electron chi connectivity index (χ0n) is 14.4. The molecule has 2 aliphatic rings. The molecule has 2 aromatic carbocycles. The Morgan fingerprint density at radius 3 is 1.76 bits per heavy atom. The van der Waals surface area contributed by atoms with Crippen LogP contribution in [0, 0.1) is 0 Å². The molecule has 2 saturated heterocycles. The minimum Gasteiger partial charge on any atom is -0.303 e. The molecule has 2 fully saturated rings. The van der Waals surface area contributed by atoms with E-state index >= 15 is 0 Å². The van der Waals surface area contributed by atoms with Crippen molar-refractivity contribution >= 4 is 0 Å². The van der Waals surface area contributed by atoms with Crippen LogP contribution in [-0.2, 0) is 31.8 Å². The minimum atomic E-state index is -1.35. The van der Waals surface area contributed by atoms with Crippen molar-refractivity contribution < 1.29 is 18.9 Å². The molecule has 1 spiro atoms. The van der Waals surface area contributed by atoms with Crippen LogP contribution >= 0.6 is 0 Å². The van der Waals surface area contributed by atoms with Crippen LogP contribution in [0.5, 0.6) is 0 Å². The van der Waals surface area contributed by atoms with E-state index in [0.29, 0.717) is 19.8 Å². The summed E-state index contributed by atoms with van der Waals surface area (Å²) in [4.78, 5) is 0. The van der Waals surface area contributed by atoms with Crippen LogP contribution in [0.4, 0.5) is 0 Å². The van der Waals surface area contributed by atoms with Gasteiger partial charge >= 0.3 is 6.16 Å². The SMILES string of the molecule is c1ccc(CC2(Cc3ccccc3)CCOC3(OCCCO3)O2)cc1. The summed E-state index contributed by atoms with van der Waals surface area (Å²) in [5.74, 6) is 0. The van der Waals surface area contributed by atoms with E-state index in [-0.39, 0.29) is 0 Å². The predicted octanol–water partition coefficient (Wildman–Crippen LogP) is 3.70. The number of hydrogen-bond acceptors (Lipinski definition) is 4. The molecular formula is C21H24O4. The van der Waals surface area contributed by atoms with Crippen molar-refractivity contribution in [1.29, 1.82) is 0 Å². The molecule has 4 heteroatoms. The lowest BCUT2D eigenvalue weighted by Gasteiger charge is -2.47. The van der Waals surface area contributed by atoms with Gasteiger partial charge in [-0.1, -0.05) is 60.7 Å². The van der Waals surface area contributed by atoms with E-state index in [0.717, 1.165) is 25.7 Å². The van der Waals surface area contributed by atoms with Crippen molar-refractivity contribution in [2.75, 3.05) is 19.8 Å². The normalized spacial score (nSPS) is 21.9. The lowest BCUT2D eigenvalue weighted by molar-refractivity contribution is -0.548. The molecule has 0 saturated carbocycles. The molecule has 0 bridgehead atoms. The fourth-order valence-corrected chi connectivity index (χ4v) is 3.59. The second-order valence-corrected chi connectivity index (χ2v) is 6.76. The highest BCUT2D eigenvalue weighted by atomic mass is 17.0. The molecule has 0 radical (unpaired) electrons. The summed E-state index contributed by atoms with van der Waals surface area (Å²) in [5.41, 5.74) is 2.07. The summed E-state index contributed by atoms with van der Waals surface area (Å²) in [6.45, 7) is 1.74. The Labute approximate surface area is 148 Å². The molecule has 0 unspecified atom stereocenters. The highest BCUT2D eigenvalue weighted by Crippen LogP contribution is 2.39. The van der Waals surface area contributed by atoms with Crippen LogP contribution in [0.1, 0.15) is 24.0 Å². The molecule has 132 valence electrons. The maximum Gasteiger partial charge on any atom is 0.413 e. The first-order valence-corrected chi connectivity index (χ1v) is 8.98. The molecule has 0 amide bonds. The van der Waals surface area contributed by atoms with Gasteiger partial charge in [0.15, 0.2) is 0 Å². The maximum atomic E-state index is 6.44. The summed E-state index contributed by atoms with van der Waals surface area (Å²) in [5, 5.41) is 0. The van der Waals surface area contributed by atoms with Crippen LogP contribution in [0.2, 0.25) is 0 Å². The average Bonchev–Trinajstić information content (AvgIpc) is 2.64. The standard InChI is InChI=1S/C21H24O4/c1-3-8-18(9-4-1)16-20(17-19-10-5-2-6-11-19)12-15-24-21(25-20)22-13-7-14-23-21/h1-6,8-11H,7,12-17H2. The smallest absolute Gasteiger partial charge is 0.303 e. The summed E-state index contributed by atoms with van der Waals surface area (Å²) in [6.07, 6.45) is 1.89. The van der Waals surface area contributed by atoms with Gasteiger partial charge in [0.1, 0.15) is 0 Å². The zero-order valence-corrected chi connectivity index (χ0v) is 14.4. The molecule has 25 heavy (non-hydrogen) atoms. The summed E-state index contributed by atoms with van der Waals surface area (Å²) < 4.78 is 23.8. The van der Waals surface area contributed by atoms with Crippen molar-refractivity contribution in [2.24, 2.45) is 0 Å². The average molecular weight is 340 g/mol. The third-order valence-electron chi connectivity index (χ3n) is 4.76.